The van der Waals surface area contributed by atoms with Gasteiger partial charge in [0.05, 0.1) is 23.9 Å². The molecule has 1 N–H and O–H groups in total. The number of methoxy groups -OCH3 is 1. The fraction of sp³-hybridized carbons (Fsp3) is 0.294. The first-order valence-electron chi connectivity index (χ1n) is 7.95. The molecule has 25 heavy (non-hydrogen) atoms. The van der Waals surface area contributed by atoms with Crippen molar-refractivity contribution in [3.8, 4) is 11.5 Å². The van der Waals surface area contributed by atoms with Gasteiger partial charge in [-0.2, -0.15) is 15.4 Å². The highest BCUT2D eigenvalue weighted by molar-refractivity contribution is 5.92. The van der Waals surface area contributed by atoms with Crippen LogP contribution in [-0.4, -0.2) is 57.5 Å². The Hall–Kier alpha value is -3.00. The molecule has 0 aliphatic carbocycles. The first-order chi connectivity index (χ1) is 12.3. The van der Waals surface area contributed by atoms with E-state index in [4.69, 9.17) is 9.15 Å². The Morgan fingerprint density at radius 1 is 1.32 bits per heavy atom. The first kappa shape index (κ1) is 15.5. The van der Waals surface area contributed by atoms with Gasteiger partial charge in [0.15, 0.2) is 5.69 Å². The fourth-order valence-electron chi connectivity index (χ4n) is 3.10. The van der Waals surface area contributed by atoms with E-state index in [0.29, 0.717) is 19.0 Å². The summed E-state index contributed by atoms with van der Waals surface area (Å²) in [5.74, 6) is 0.228. The van der Waals surface area contributed by atoms with Crippen molar-refractivity contribution in [1.82, 2.24) is 25.3 Å². The number of hydrogen-bond acceptors (Lipinski definition) is 6. The van der Waals surface area contributed by atoms with Gasteiger partial charge in [-0.1, -0.05) is 18.2 Å². The largest absolute Gasteiger partial charge is 0.444 e. The number of nitrogens with one attached hydrogen (secondary N) is 1. The molecule has 4 rings (SSSR count). The number of aromatic nitrogens is 4. The van der Waals surface area contributed by atoms with Crippen molar-refractivity contribution in [2.45, 2.75) is 12.0 Å². The van der Waals surface area contributed by atoms with Crippen molar-refractivity contribution in [3.63, 3.8) is 0 Å². The fourth-order valence-corrected chi connectivity index (χ4v) is 3.10. The topological polar surface area (TPSA) is 97.1 Å². The summed E-state index contributed by atoms with van der Waals surface area (Å²) in [6, 6.07) is 9.48. The smallest absolute Gasteiger partial charge is 0.275 e. The minimum Gasteiger partial charge on any atom is -0.444 e. The highest BCUT2D eigenvalue weighted by atomic mass is 16.5. The molecule has 1 aromatic carbocycles. The standard InChI is InChI=1S/C17H17N5O3/c1-24-15-9-22(8-12(15)13-7-18-21-20-13)17(23)14-10-25-16(19-14)11-5-3-2-4-6-11/h2-7,10,12,15H,8-9H2,1H3,(H,18,20,21)/t12-,15+/m0/s1. The van der Waals surface area contributed by atoms with E-state index in [2.05, 4.69) is 20.4 Å². The van der Waals surface area contributed by atoms with E-state index in [0.717, 1.165) is 11.3 Å². The molecule has 0 bridgehead atoms. The first-order valence-corrected chi connectivity index (χ1v) is 7.95. The Labute approximate surface area is 143 Å². The van der Waals surface area contributed by atoms with E-state index < -0.39 is 0 Å². The number of aromatic amines is 1. The highest BCUT2D eigenvalue weighted by Crippen LogP contribution is 2.29. The number of benzene rings is 1. The van der Waals surface area contributed by atoms with Crippen LogP contribution >= 0.6 is 0 Å². The van der Waals surface area contributed by atoms with Crippen molar-refractivity contribution in [3.05, 3.63) is 54.2 Å². The van der Waals surface area contributed by atoms with E-state index in [1.54, 1.807) is 18.2 Å². The molecule has 0 spiro atoms. The third kappa shape index (κ3) is 2.91. The summed E-state index contributed by atoms with van der Waals surface area (Å²) in [7, 11) is 1.63. The van der Waals surface area contributed by atoms with Crippen LogP contribution in [0.4, 0.5) is 0 Å². The highest BCUT2D eigenvalue weighted by Gasteiger charge is 2.38. The van der Waals surface area contributed by atoms with Crippen molar-refractivity contribution in [2.75, 3.05) is 20.2 Å². The zero-order valence-corrected chi connectivity index (χ0v) is 13.6. The van der Waals surface area contributed by atoms with Crippen LogP contribution < -0.4 is 0 Å². The summed E-state index contributed by atoms with van der Waals surface area (Å²) in [6.45, 7) is 0.970. The molecular weight excluding hydrogens is 322 g/mol. The number of amides is 1. The van der Waals surface area contributed by atoms with Gasteiger partial charge in [-0.05, 0) is 12.1 Å². The number of ether oxygens (including phenoxy) is 1. The van der Waals surface area contributed by atoms with Gasteiger partial charge >= 0.3 is 0 Å². The maximum atomic E-state index is 12.8. The second kappa shape index (κ2) is 6.48. The van der Waals surface area contributed by atoms with Gasteiger partial charge in [0.2, 0.25) is 5.89 Å². The zero-order chi connectivity index (χ0) is 17.2. The molecule has 3 aromatic rings. The summed E-state index contributed by atoms with van der Waals surface area (Å²) < 4.78 is 11.0. The predicted molar refractivity (Wildman–Crippen MR) is 87.8 cm³/mol. The lowest BCUT2D eigenvalue weighted by molar-refractivity contribution is 0.0709. The van der Waals surface area contributed by atoms with Crippen molar-refractivity contribution < 1.29 is 13.9 Å². The average molecular weight is 339 g/mol. The molecular formula is C17H17N5O3. The molecule has 1 saturated heterocycles. The molecule has 2 aromatic heterocycles. The lowest BCUT2D eigenvalue weighted by Gasteiger charge is -2.13. The minimum atomic E-state index is -0.182. The molecule has 1 fully saturated rings. The van der Waals surface area contributed by atoms with Crippen LogP contribution in [-0.2, 0) is 4.74 Å². The minimum absolute atomic E-state index is 0.0202. The number of carbonyl (C=O) groups excluding carboxylic acids is 1. The quantitative estimate of drug-likeness (QED) is 0.777. The van der Waals surface area contributed by atoms with Gasteiger partial charge in [0.25, 0.3) is 5.91 Å². The van der Waals surface area contributed by atoms with Crippen LogP contribution in [0.1, 0.15) is 22.1 Å². The molecule has 2 atom stereocenters. The summed E-state index contributed by atoms with van der Waals surface area (Å²) in [5.41, 5.74) is 1.90. The maximum absolute atomic E-state index is 12.8. The summed E-state index contributed by atoms with van der Waals surface area (Å²) >= 11 is 0. The molecule has 1 amide bonds. The summed E-state index contributed by atoms with van der Waals surface area (Å²) in [5, 5.41) is 10.6. The van der Waals surface area contributed by atoms with Gasteiger partial charge in [-0.25, -0.2) is 4.98 Å². The number of nitrogens with zero attached hydrogens (tertiary/aromatic N) is 4. The zero-order valence-electron chi connectivity index (χ0n) is 13.6. The number of rotatable bonds is 4. The third-order valence-corrected chi connectivity index (χ3v) is 4.41. The molecule has 1 aliphatic heterocycles. The van der Waals surface area contributed by atoms with Crippen molar-refractivity contribution in [2.24, 2.45) is 0 Å². The van der Waals surface area contributed by atoms with E-state index in [-0.39, 0.29) is 23.6 Å². The molecule has 3 heterocycles. The number of oxazole rings is 1. The van der Waals surface area contributed by atoms with E-state index >= 15 is 0 Å². The Morgan fingerprint density at radius 3 is 2.88 bits per heavy atom. The van der Waals surface area contributed by atoms with Gasteiger partial charge in [-0.15, -0.1) is 0 Å². The van der Waals surface area contributed by atoms with Crippen LogP contribution in [0.15, 0.2) is 47.2 Å². The van der Waals surface area contributed by atoms with Crippen LogP contribution in [0, 0.1) is 0 Å². The number of hydrogen-bond donors (Lipinski definition) is 1. The van der Waals surface area contributed by atoms with Crippen LogP contribution in [0.25, 0.3) is 11.5 Å². The van der Waals surface area contributed by atoms with Gasteiger partial charge < -0.3 is 14.1 Å². The molecule has 0 saturated carbocycles. The van der Waals surface area contributed by atoms with E-state index in [1.807, 2.05) is 30.3 Å². The molecule has 8 heteroatoms. The Balaban J connectivity index is 1.53. The number of H-pyrrole nitrogens is 1. The second-order valence-electron chi connectivity index (χ2n) is 5.89. The molecule has 0 radical (unpaired) electrons. The number of carbonyl (C=O) groups is 1. The normalized spacial score (nSPS) is 20.1. The molecule has 128 valence electrons. The molecule has 1 aliphatic rings. The molecule has 8 nitrogen and oxygen atoms in total. The summed E-state index contributed by atoms with van der Waals surface area (Å²) in [4.78, 5) is 18.8. The van der Waals surface area contributed by atoms with Crippen LogP contribution in [0.5, 0.6) is 0 Å². The van der Waals surface area contributed by atoms with Crippen molar-refractivity contribution in [1.29, 1.82) is 0 Å². The second-order valence-corrected chi connectivity index (χ2v) is 5.89. The third-order valence-electron chi connectivity index (χ3n) is 4.41. The monoisotopic (exact) mass is 339 g/mol. The van der Waals surface area contributed by atoms with Gasteiger partial charge in [0.1, 0.15) is 6.26 Å². The van der Waals surface area contributed by atoms with Gasteiger partial charge in [0, 0.05) is 25.8 Å². The Morgan fingerprint density at radius 2 is 2.16 bits per heavy atom. The summed E-state index contributed by atoms with van der Waals surface area (Å²) in [6.07, 6.45) is 2.93. The SMILES string of the molecule is CO[C@@H]1CN(C(=O)c2coc(-c3ccccc3)n2)C[C@H]1c1cn[nH]n1. The van der Waals surface area contributed by atoms with Crippen LogP contribution in [0.2, 0.25) is 0 Å². The predicted octanol–water partition coefficient (Wildman–Crippen LogP) is 1.71. The van der Waals surface area contributed by atoms with Gasteiger partial charge in [-0.3, -0.25) is 4.79 Å². The van der Waals surface area contributed by atoms with E-state index in [1.165, 1.54) is 6.26 Å². The number of likely N-dealkylation sites (tertiary alicyclic amines) is 1. The molecule has 0 unspecified atom stereocenters. The lowest BCUT2D eigenvalue weighted by Crippen LogP contribution is -2.30. The van der Waals surface area contributed by atoms with Crippen molar-refractivity contribution >= 4 is 5.91 Å². The Bertz CT molecular complexity index is 846. The lowest BCUT2D eigenvalue weighted by atomic mass is 10.0. The Kier molecular flexibility index (Phi) is 4.02. The van der Waals surface area contributed by atoms with E-state index in [9.17, 15) is 4.79 Å². The maximum Gasteiger partial charge on any atom is 0.275 e. The van der Waals surface area contributed by atoms with Crippen LogP contribution in [0.3, 0.4) is 0 Å². The average Bonchev–Trinajstić information content (AvgIpc) is 3.41.